The number of para-hydroxylation sites is 1. The van der Waals surface area contributed by atoms with Crippen molar-refractivity contribution in [3.8, 4) is 16.9 Å². The first-order valence-corrected chi connectivity index (χ1v) is 8.60. The summed E-state index contributed by atoms with van der Waals surface area (Å²) in [5, 5.41) is 4.34. The molecule has 3 rings (SSSR count). The van der Waals surface area contributed by atoms with Crippen LogP contribution in [0.5, 0.6) is 0 Å². The molecule has 0 radical (unpaired) electrons. The largest absolute Gasteiger partial charge is 0.280 e. The summed E-state index contributed by atoms with van der Waals surface area (Å²) in [4.78, 5) is 0. The second-order valence-corrected chi connectivity index (χ2v) is 6.64. The Bertz CT molecular complexity index is 872. The van der Waals surface area contributed by atoms with E-state index in [-0.39, 0.29) is 0 Å². The minimum Gasteiger partial charge on any atom is -0.280 e. The zero-order valence-electron chi connectivity index (χ0n) is 12.0. The smallest absolute Gasteiger partial charge is 0.229 e. The number of nitrogens with zero attached hydrogens (tertiary/aromatic N) is 2. The van der Waals surface area contributed by atoms with Crippen LogP contribution in [0.1, 0.15) is 0 Å². The van der Waals surface area contributed by atoms with Crippen LogP contribution in [0, 0.1) is 0 Å². The maximum atomic E-state index is 11.6. The fraction of sp³-hybridized carbons (Fsp3) is 0.0625. The minimum absolute atomic E-state index is 0.456. The van der Waals surface area contributed by atoms with Gasteiger partial charge < -0.3 is 0 Å². The van der Waals surface area contributed by atoms with Crippen molar-refractivity contribution in [3.63, 3.8) is 0 Å². The molecule has 22 heavy (non-hydrogen) atoms. The number of nitrogens with one attached hydrogen (secondary N) is 1. The quantitative estimate of drug-likeness (QED) is 0.805. The van der Waals surface area contributed by atoms with Crippen LogP contribution in [-0.2, 0) is 10.0 Å². The van der Waals surface area contributed by atoms with Gasteiger partial charge in [0.2, 0.25) is 10.0 Å². The van der Waals surface area contributed by atoms with Gasteiger partial charge in [-0.1, -0.05) is 48.5 Å². The van der Waals surface area contributed by atoms with Crippen molar-refractivity contribution in [3.05, 3.63) is 66.9 Å². The Labute approximate surface area is 129 Å². The highest BCUT2D eigenvalue weighted by Gasteiger charge is 2.16. The van der Waals surface area contributed by atoms with Gasteiger partial charge in [-0.2, -0.15) is 5.10 Å². The third-order valence-electron chi connectivity index (χ3n) is 3.11. The Morgan fingerprint density at radius 2 is 1.55 bits per heavy atom. The second-order valence-electron chi connectivity index (χ2n) is 4.89. The molecule has 0 spiro atoms. The Hall–Kier alpha value is -2.60. The molecule has 0 amide bonds. The summed E-state index contributed by atoms with van der Waals surface area (Å²) in [5.74, 6) is 0. The zero-order chi connectivity index (χ0) is 15.6. The molecule has 3 aromatic rings. The standard InChI is InChI=1S/C16H15N3O2S/c1-22(20,21)18-15-12-17-19(14-10-6-3-7-11-14)16(15)13-8-4-2-5-9-13/h2-12,18H,1H3. The molecule has 0 saturated heterocycles. The summed E-state index contributed by atoms with van der Waals surface area (Å²) in [5.41, 5.74) is 2.91. The van der Waals surface area contributed by atoms with E-state index in [0.717, 1.165) is 17.5 Å². The lowest BCUT2D eigenvalue weighted by atomic mass is 10.1. The molecule has 5 nitrogen and oxygen atoms in total. The molecular formula is C16H15N3O2S. The normalized spacial score (nSPS) is 11.3. The molecule has 0 saturated carbocycles. The van der Waals surface area contributed by atoms with Crippen LogP contribution >= 0.6 is 0 Å². The van der Waals surface area contributed by atoms with Gasteiger partial charge in [0, 0.05) is 5.56 Å². The second kappa shape index (κ2) is 5.65. The van der Waals surface area contributed by atoms with E-state index >= 15 is 0 Å². The molecular weight excluding hydrogens is 298 g/mol. The molecule has 0 fully saturated rings. The summed E-state index contributed by atoms with van der Waals surface area (Å²) in [7, 11) is -3.38. The first-order chi connectivity index (χ1) is 10.5. The molecule has 6 heteroatoms. The third kappa shape index (κ3) is 3.01. The molecule has 1 heterocycles. The van der Waals surface area contributed by atoms with Crippen molar-refractivity contribution in [1.29, 1.82) is 0 Å². The molecule has 112 valence electrons. The van der Waals surface area contributed by atoms with Gasteiger partial charge in [0.05, 0.1) is 29.5 Å². The van der Waals surface area contributed by atoms with Crippen molar-refractivity contribution in [2.45, 2.75) is 0 Å². The number of aromatic nitrogens is 2. The van der Waals surface area contributed by atoms with Crippen molar-refractivity contribution in [1.82, 2.24) is 9.78 Å². The highest BCUT2D eigenvalue weighted by Crippen LogP contribution is 2.30. The van der Waals surface area contributed by atoms with Crippen LogP contribution in [-0.4, -0.2) is 24.5 Å². The van der Waals surface area contributed by atoms with E-state index in [1.54, 1.807) is 4.68 Å². The number of hydrogen-bond acceptors (Lipinski definition) is 3. The zero-order valence-corrected chi connectivity index (χ0v) is 12.8. The van der Waals surface area contributed by atoms with Gasteiger partial charge in [-0.15, -0.1) is 0 Å². The van der Waals surface area contributed by atoms with Crippen LogP contribution in [0.4, 0.5) is 5.69 Å². The third-order valence-corrected chi connectivity index (χ3v) is 3.70. The molecule has 0 aliphatic heterocycles. The summed E-state index contributed by atoms with van der Waals surface area (Å²) in [6.45, 7) is 0. The van der Waals surface area contributed by atoms with E-state index in [4.69, 9.17) is 0 Å². The van der Waals surface area contributed by atoms with Gasteiger partial charge in [-0.25, -0.2) is 13.1 Å². The first kappa shape index (κ1) is 14.3. The maximum Gasteiger partial charge on any atom is 0.229 e. The van der Waals surface area contributed by atoms with Crippen LogP contribution < -0.4 is 4.72 Å². The molecule has 1 aromatic heterocycles. The lowest BCUT2D eigenvalue weighted by molar-refractivity contribution is 0.607. The Morgan fingerprint density at radius 3 is 2.14 bits per heavy atom. The minimum atomic E-state index is -3.38. The highest BCUT2D eigenvalue weighted by molar-refractivity contribution is 7.92. The Kier molecular flexibility index (Phi) is 3.68. The monoisotopic (exact) mass is 313 g/mol. The lowest BCUT2D eigenvalue weighted by Gasteiger charge is -2.10. The van der Waals surface area contributed by atoms with E-state index in [1.807, 2.05) is 60.7 Å². The van der Waals surface area contributed by atoms with Crippen LogP contribution in [0.15, 0.2) is 66.9 Å². The Morgan fingerprint density at radius 1 is 0.955 bits per heavy atom. The predicted octanol–water partition coefficient (Wildman–Crippen LogP) is 2.91. The molecule has 0 aliphatic rings. The van der Waals surface area contributed by atoms with Crippen molar-refractivity contribution in [2.24, 2.45) is 0 Å². The summed E-state index contributed by atoms with van der Waals surface area (Å²) < 4.78 is 27.4. The number of anilines is 1. The van der Waals surface area contributed by atoms with E-state index in [9.17, 15) is 8.42 Å². The van der Waals surface area contributed by atoms with E-state index in [2.05, 4.69) is 9.82 Å². The average Bonchev–Trinajstić information content (AvgIpc) is 2.90. The molecule has 2 aromatic carbocycles. The van der Waals surface area contributed by atoms with Gasteiger partial charge in [0.1, 0.15) is 0 Å². The predicted molar refractivity (Wildman–Crippen MR) is 87.5 cm³/mol. The number of rotatable bonds is 4. The van der Waals surface area contributed by atoms with E-state index in [1.165, 1.54) is 6.20 Å². The van der Waals surface area contributed by atoms with Crippen molar-refractivity contribution >= 4 is 15.7 Å². The maximum absolute atomic E-state index is 11.6. The highest BCUT2D eigenvalue weighted by atomic mass is 32.2. The van der Waals surface area contributed by atoms with Crippen LogP contribution in [0.2, 0.25) is 0 Å². The van der Waals surface area contributed by atoms with Gasteiger partial charge in [0.15, 0.2) is 0 Å². The van der Waals surface area contributed by atoms with Gasteiger partial charge >= 0.3 is 0 Å². The van der Waals surface area contributed by atoms with Crippen molar-refractivity contribution < 1.29 is 8.42 Å². The van der Waals surface area contributed by atoms with Crippen LogP contribution in [0.25, 0.3) is 16.9 Å². The number of sulfonamides is 1. The van der Waals surface area contributed by atoms with E-state index < -0.39 is 10.0 Å². The van der Waals surface area contributed by atoms with Gasteiger partial charge in [0.25, 0.3) is 0 Å². The SMILES string of the molecule is CS(=O)(=O)Nc1cnn(-c2ccccc2)c1-c1ccccc1. The van der Waals surface area contributed by atoms with E-state index in [0.29, 0.717) is 11.4 Å². The Balaban J connectivity index is 2.20. The van der Waals surface area contributed by atoms with Crippen LogP contribution in [0.3, 0.4) is 0 Å². The lowest BCUT2D eigenvalue weighted by Crippen LogP contribution is -2.10. The summed E-state index contributed by atoms with van der Waals surface area (Å²) >= 11 is 0. The topological polar surface area (TPSA) is 64.0 Å². The average molecular weight is 313 g/mol. The van der Waals surface area contributed by atoms with Gasteiger partial charge in [-0.05, 0) is 12.1 Å². The molecule has 1 N–H and O–H groups in total. The molecule has 0 aliphatic carbocycles. The fourth-order valence-electron chi connectivity index (χ4n) is 2.26. The van der Waals surface area contributed by atoms with Gasteiger partial charge in [-0.3, -0.25) is 4.72 Å². The fourth-order valence-corrected chi connectivity index (χ4v) is 2.81. The number of benzene rings is 2. The summed E-state index contributed by atoms with van der Waals surface area (Å²) in [6, 6.07) is 19.1. The number of hydrogen-bond donors (Lipinski definition) is 1. The summed E-state index contributed by atoms with van der Waals surface area (Å²) in [6.07, 6.45) is 2.65. The molecule has 0 bridgehead atoms. The molecule has 0 atom stereocenters. The molecule has 0 unspecified atom stereocenters. The van der Waals surface area contributed by atoms with Crippen molar-refractivity contribution in [2.75, 3.05) is 11.0 Å². The first-order valence-electron chi connectivity index (χ1n) is 6.71.